The van der Waals surface area contributed by atoms with Crippen LogP contribution in [-0.4, -0.2) is 34.4 Å². The van der Waals surface area contributed by atoms with E-state index in [9.17, 15) is 19.8 Å². The summed E-state index contributed by atoms with van der Waals surface area (Å²) in [4.78, 5) is 22.9. The van der Waals surface area contributed by atoms with Crippen LogP contribution in [0.1, 0.15) is 78.6 Å². The van der Waals surface area contributed by atoms with E-state index in [0.717, 1.165) is 51.4 Å². The molecule has 0 aliphatic heterocycles. The second kappa shape index (κ2) is 13.8. The molecular formula is C20H34O5. The summed E-state index contributed by atoms with van der Waals surface area (Å²) in [5, 5.41) is 19.4. The lowest BCUT2D eigenvalue weighted by Crippen LogP contribution is -2.15. The van der Waals surface area contributed by atoms with Gasteiger partial charge in [0.1, 0.15) is 0 Å². The first-order valence-electron chi connectivity index (χ1n) is 9.24. The minimum Gasteiger partial charge on any atom is -0.393 e. The van der Waals surface area contributed by atoms with Gasteiger partial charge in [0.2, 0.25) is 0 Å². The monoisotopic (exact) mass is 354 g/mol. The molecule has 0 spiro atoms. The molecule has 0 aromatic carbocycles. The number of aliphatic hydroxyl groups is 2. The van der Waals surface area contributed by atoms with Crippen LogP contribution in [0.15, 0.2) is 23.8 Å². The molecule has 0 saturated heterocycles. The molecular weight excluding hydrogens is 320 g/mol. The Morgan fingerprint density at radius 3 is 2.00 bits per heavy atom. The van der Waals surface area contributed by atoms with E-state index >= 15 is 0 Å². The van der Waals surface area contributed by atoms with Gasteiger partial charge in [-0.15, -0.1) is 0 Å². The summed E-state index contributed by atoms with van der Waals surface area (Å²) < 4.78 is 4.61. The molecule has 5 heteroatoms. The van der Waals surface area contributed by atoms with E-state index in [1.165, 1.54) is 19.9 Å². The summed E-state index contributed by atoms with van der Waals surface area (Å²) in [5.74, 6) is -1.50. The van der Waals surface area contributed by atoms with Gasteiger partial charge in [0.25, 0.3) is 0 Å². The molecule has 0 saturated carbocycles. The first-order chi connectivity index (χ1) is 11.8. The van der Waals surface area contributed by atoms with E-state index in [4.69, 9.17) is 0 Å². The van der Waals surface area contributed by atoms with Crippen LogP contribution >= 0.6 is 0 Å². The fourth-order valence-electron chi connectivity index (χ4n) is 2.34. The molecule has 5 nitrogen and oxygen atoms in total. The Morgan fingerprint density at radius 2 is 1.48 bits per heavy atom. The first kappa shape index (κ1) is 23.5. The van der Waals surface area contributed by atoms with Gasteiger partial charge < -0.3 is 14.9 Å². The fraction of sp³-hybridized carbons (Fsp3) is 0.700. The van der Waals surface area contributed by atoms with Crippen molar-refractivity contribution in [3.63, 3.8) is 0 Å². The average Bonchev–Trinajstić information content (AvgIpc) is 2.56. The second-order valence-electron chi connectivity index (χ2n) is 6.64. The molecule has 0 radical (unpaired) electrons. The van der Waals surface area contributed by atoms with Gasteiger partial charge in [-0.05, 0) is 39.2 Å². The Balaban J connectivity index is 3.84. The summed E-state index contributed by atoms with van der Waals surface area (Å²) >= 11 is 0. The predicted molar refractivity (Wildman–Crippen MR) is 98.9 cm³/mol. The smallest absolute Gasteiger partial charge is 0.341 e. The number of esters is 2. The Kier molecular flexibility index (Phi) is 13.0. The van der Waals surface area contributed by atoms with Gasteiger partial charge >= 0.3 is 11.9 Å². The molecule has 0 aliphatic carbocycles. The molecule has 2 atom stereocenters. The maximum Gasteiger partial charge on any atom is 0.341 e. The highest BCUT2D eigenvalue weighted by Gasteiger charge is 2.14. The Morgan fingerprint density at radius 1 is 0.960 bits per heavy atom. The van der Waals surface area contributed by atoms with Crippen LogP contribution in [0.4, 0.5) is 0 Å². The van der Waals surface area contributed by atoms with E-state index < -0.39 is 18.0 Å². The number of ether oxygens (including phenoxy) is 1. The highest BCUT2D eigenvalue weighted by molar-refractivity contribution is 6.01. The van der Waals surface area contributed by atoms with Crippen molar-refractivity contribution >= 4 is 11.9 Å². The van der Waals surface area contributed by atoms with Gasteiger partial charge in [-0.1, -0.05) is 52.0 Å². The van der Waals surface area contributed by atoms with Crippen molar-refractivity contribution in [1.82, 2.24) is 0 Å². The van der Waals surface area contributed by atoms with Gasteiger partial charge in [0, 0.05) is 11.1 Å². The molecule has 0 fully saturated rings. The third-order valence-corrected chi connectivity index (χ3v) is 4.06. The third-order valence-electron chi connectivity index (χ3n) is 4.06. The Hall–Kier alpha value is -1.46. The zero-order valence-corrected chi connectivity index (χ0v) is 15.9. The van der Waals surface area contributed by atoms with Gasteiger partial charge in [-0.3, -0.25) is 0 Å². The van der Waals surface area contributed by atoms with Crippen molar-refractivity contribution in [3.8, 4) is 0 Å². The molecule has 0 bridgehead atoms. The van der Waals surface area contributed by atoms with Crippen molar-refractivity contribution < 1.29 is 24.5 Å². The first-order valence-corrected chi connectivity index (χ1v) is 9.24. The zero-order chi connectivity index (χ0) is 19.2. The van der Waals surface area contributed by atoms with Crippen LogP contribution in [0.3, 0.4) is 0 Å². The SMILES string of the molecule is C=C(C)C(=O)OC(=O)C(C)=CC(O)CCCCCCCCC(O)CC. The number of carbonyl (C=O) groups is 2. The van der Waals surface area contributed by atoms with Crippen LogP contribution in [0.5, 0.6) is 0 Å². The minimum absolute atomic E-state index is 0.158. The molecule has 0 aliphatic rings. The van der Waals surface area contributed by atoms with Crippen LogP contribution in [0.25, 0.3) is 0 Å². The van der Waals surface area contributed by atoms with E-state index in [2.05, 4.69) is 11.3 Å². The fourth-order valence-corrected chi connectivity index (χ4v) is 2.34. The van der Waals surface area contributed by atoms with Crippen molar-refractivity contribution in [1.29, 1.82) is 0 Å². The van der Waals surface area contributed by atoms with E-state index in [1.54, 1.807) is 0 Å². The zero-order valence-electron chi connectivity index (χ0n) is 15.9. The number of rotatable bonds is 13. The molecule has 2 unspecified atom stereocenters. The molecule has 0 heterocycles. The number of unbranched alkanes of at least 4 members (excludes halogenated alkanes) is 5. The summed E-state index contributed by atoms with van der Waals surface area (Å²) in [5.41, 5.74) is 0.377. The predicted octanol–water partition coefficient (Wildman–Crippen LogP) is 3.83. The third kappa shape index (κ3) is 12.5. The second-order valence-corrected chi connectivity index (χ2v) is 6.64. The highest BCUT2D eigenvalue weighted by atomic mass is 16.6. The average molecular weight is 354 g/mol. The molecule has 25 heavy (non-hydrogen) atoms. The highest BCUT2D eigenvalue weighted by Crippen LogP contribution is 2.13. The summed E-state index contributed by atoms with van der Waals surface area (Å²) in [7, 11) is 0. The molecule has 0 aromatic heterocycles. The van der Waals surface area contributed by atoms with Crippen molar-refractivity contribution in [3.05, 3.63) is 23.8 Å². The largest absolute Gasteiger partial charge is 0.393 e. The quantitative estimate of drug-likeness (QED) is 0.227. The molecule has 144 valence electrons. The normalized spacial score (nSPS) is 14.0. The van der Waals surface area contributed by atoms with E-state index in [1.807, 2.05) is 6.92 Å². The number of aliphatic hydroxyl groups excluding tert-OH is 2. The maximum absolute atomic E-state index is 11.7. The number of hydrogen-bond donors (Lipinski definition) is 2. The van der Waals surface area contributed by atoms with Crippen LogP contribution < -0.4 is 0 Å². The summed E-state index contributed by atoms with van der Waals surface area (Å²) in [6.07, 6.45) is 9.16. The summed E-state index contributed by atoms with van der Waals surface area (Å²) in [6.45, 7) is 8.38. The lowest BCUT2D eigenvalue weighted by Gasteiger charge is -2.08. The molecule has 0 amide bonds. The van der Waals surface area contributed by atoms with Gasteiger partial charge in [0.15, 0.2) is 0 Å². The topological polar surface area (TPSA) is 83.8 Å². The standard InChI is InChI=1S/C20H34O5/c1-5-17(21)12-10-8-6-7-9-11-13-18(22)14-16(4)20(24)25-19(23)15(2)3/h14,17-18,21-22H,2,5-13H2,1,3-4H3. The van der Waals surface area contributed by atoms with E-state index in [0.29, 0.717) is 6.42 Å². The summed E-state index contributed by atoms with van der Waals surface area (Å²) in [6, 6.07) is 0. The lowest BCUT2D eigenvalue weighted by molar-refractivity contribution is -0.154. The Labute approximate surface area is 151 Å². The maximum atomic E-state index is 11.7. The van der Waals surface area contributed by atoms with Crippen molar-refractivity contribution in [2.45, 2.75) is 90.8 Å². The molecule has 0 aromatic rings. The number of carbonyl (C=O) groups excluding carboxylic acids is 2. The molecule has 2 N–H and O–H groups in total. The number of hydrogen-bond acceptors (Lipinski definition) is 5. The minimum atomic E-state index is -0.751. The van der Waals surface area contributed by atoms with Gasteiger partial charge in [-0.25, -0.2) is 9.59 Å². The van der Waals surface area contributed by atoms with Gasteiger partial charge in [0.05, 0.1) is 12.2 Å². The Bertz CT molecular complexity index is 453. The van der Waals surface area contributed by atoms with E-state index in [-0.39, 0.29) is 17.3 Å². The lowest BCUT2D eigenvalue weighted by atomic mass is 10.0. The van der Waals surface area contributed by atoms with Crippen LogP contribution in [0, 0.1) is 0 Å². The van der Waals surface area contributed by atoms with Crippen LogP contribution in [-0.2, 0) is 14.3 Å². The van der Waals surface area contributed by atoms with Crippen molar-refractivity contribution in [2.75, 3.05) is 0 Å². The molecule has 0 rings (SSSR count). The van der Waals surface area contributed by atoms with Gasteiger partial charge in [-0.2, -0.15) is 0 Å². The van der Waals surface area contributed by atoms with Crippen molar-refractivity contribution in [2.24, 2.45) is 0 Å². The van der Waals surface area contributed by atoms with Crippen LogP contribution in [0.2, 0.25) is 0 Å².